The lowest BCUT2D eigenvalue weighted by Gasteiger charge is -2.32. The molecule has 1 aromatic rings. The number of rotatable bonds is 6. The second kappa shape index (κ2) is 7.48. The van der Waals surface area contributed by atoms with Gasteiger partial charge in [0.2, 0.25) is 5.91 Å². The normalized spacial score (nSPS) is 17.2. The predicted octanol–water partition coefficient (Wildman–Crippen LogP) is 3.87. The van der Waals surface area contributed by atoms with Gasteiger partial charge in [-0.3, -0.25) is 4.79 Å². The summed E-state index contributed by atoms with van der Waals surface area (Å²) < 4.78 is 0. The zero-order valence-electron chi connectivity index (χ0n) is 13.6. The fraction of sp³-hybridized carbons (Fsp3) is 0.611. The van der Waals surface area contributed by atoms with Gasteiger partial charge in [-0.15, -0.1) is 0 Å². The topological polar surface area (TPSA) is 32.3 Å². The van der Waals surface area contributed by atoms with E-state index in [2.05, 4.69) is 43.1 Å². The maximum absolute atomic E-state index is 13.0. The number of para-hydroxylation sites is 1. The molecule has 0 spiro atoms. The van der Waals surface area contributed by atoms with Crippen molar-refractivity contribution in [3.63, 3.8) is 0 Å². The lowest BCUT2D eigenvalue weighted by Crippen LogP contribution is -2.40. The van der Waals surface area contributed by atoms with Gasteiger partial charge in [-0.1, -0.05) is 44.9 Å². The van der Waals surface area contributed by atoms with Gasteiger partial charge in [0.05, 0.1) is 5.92 Å². The number of benzene rings is 1. The van der Waals surface area contributed by atoms with Gasteiger partial charge in [-0.2, -0.15) is 0 Å². The number of likely N-dealkylation sites (N-methyl/N-ethyl adjacent to an activating group) is 1. The minimum absolute atomic E-state index is 0.0248. The maximum Gasteiger partial charge on any atom is 0.230 e. The lowest BCUT2D eigenvalue weighted by atomic mass is 9.89. The number of nitrogens with zero attached hydrogens (tertiary/aromatic N) is 1. The van der Waals surface area contributed by atoms with Gasteiger partial charge in [-0.05, 0) is 30.9 Å². The summed E-state index contributed by atoms with van der Waals surface area (Å²) in [6.07, 6.45) is 3.18. The Morgan fingerprint density at radius 2 is 2.00 bits per heavy atom. The quantitative estimate of drug-likeness (QED) is 0.862. The van der Waals surface area contributed by atoms with Crippen LogP contribution in [-0.4, -0.2) is 30.4 Å². The van der Waals surface area contributed by atoms with Crippen LogP contribution in [0.5, 0.6) is 0 Å². The molecule has 0 bridgehead atoms. The largest absolute Gasteiger partial charge is 0.385 e. The summed E-state index contributed by atoms with van der Waals surface area (Å²) in [5.41, 5.74) is 2.29. The van der Waals surface area contributed by atoms with E-state index < -0.39 is 0 Å². The maximum atomic E-state index is 13.0. The number of hydrogen-bond acceptors (Lipinski definition) is 2. The van der Waals surface area contributed by atoms with Crippen molar-refractivity contribution in [1.29, 1.82) is 0 Å². The summed E-state index contributed by atoms with van der Waals surface area (Å²) in [4.78, 5) is 15.0. The molecule has 1 amide bonds. The molecule has 0 radical (unpaired) electrons. The first-order valence-corrected chi connectivity index (χ1v) is 8.32. The first-order valence-electron chi connectivity index (χ1n) is 8.32. The van der Waals surface area contributed by atoms with Gasteiger partial charge in [-0.25, -0.2) is 0 Å². The number of fused-ring (bicyclic) bond motifs is 1. The highest BCUT2D eigenvalue weighted by Crippen LogP contribution is 2.33. The highest BCUT2D eigenvalue weighted by atomic mass is 16.2. The first-order chi connectivity index (χ1) is 10.2. The van der Waals surface area contributed by atoms with Crippen molar-refractivity contribution < 1.29 is 4.79 Å². The van der Waals surface area contributed by atoms with E-state index in [1.165, 1.54) is 0 Å². The number of hydrogen-bond donors (Lipinski definition) is 1. The zero-order valence-corrected chi connectivity index (χ0v) is 13.6. The van der Waals surface area contributed by atoms with Crippen LogP contribution in [0, 0.1) is 5.92 Å². The summed E-state index contributed by atoms with van der Waals surface area (Å²) in [7, 11) is 0. The van der Waals surface area contributed by atoms with Crippen molar-refractivity contribution in [2.75, 3.05) is 25.0 Å². The molecule has 1 heterocycles. The van der Waals surface area contributed by atoms with Crippen LogP contribution in [0.4, 0.5) is 5.69 Å². The molecule has 21 heavy (non-hydrogen) atoms. The summed E-state index contributed by atoms with van der Waals surface area (Å²) in [5, 5.41) is 3.40. The minimum Gasteiger partial charge on any atom is -0.385 e. The van der Waals surface area contributed by atoms with E-state index in [-0.39, 0.29) is 5.92 Å². The Kier molecular flexibility index (Phi) is 5.66. The molecule has 0 aromatic heterocycles. The third kappa shape index (κ3) is 3.58. The van der Waals surface area contributed by atoms with Crippen molar-refractivity contribution >= 4 is 11.6 Å². The molecule has 2 rings (SSSR count). The van der Waals surface area contributed by atoms with Crippen LogP contribution in [-0.2, 0) is 4.79 Å². The molecular weight excluding hydrogens is 260 g/mol. The Balaban J connectivity index is 2.15. The van der Waals surface area contributed by atoms with Gasteiger partial charge >= 0.3 is 0 Å². The van der Waals surface area contributed by atoms with Gasteiger partial charge in [0.15, 0.2) is 0 Å². The van der Waals surface area contributed by atoms with Gasteiger partial charge in [0.25, 0.3) is 0 Å². The van der Waals surface area contributed by atoms with Crippen molar-refractivity contribution in [1.82, 2.24) is 4.90 Å². The summed E-state index contributed by atoms with van der Waals surface area (Å²) >= 11 is 0. The zero-order chi connectivity index (χ0) is 15.2. The second-order valence-electron chi connectivity index (χ2n) is 5.91. The highest BCUT2D eigenvalue weighted by molar-refractivity contribution is 5.86. The molecule has 0 fully saturated rings. The highest BCUT2D eigenvalue weighted by Gasteiger charge is 2.29. The molecule has 1 N–H and O–H groups in total. The Morgan fingerprint density at radius 3 is 2.67 bits per heavy atom. The van der Waals surface area contributed by atoms with E-state index in [0.29, 0.717) is 11.8 Å². The van der Waals surface area contributed by atoms with Crippen LogP contribution in [0.3, 0.4) is 0 Å². The molecule has 116 valence electrons. The number of anilines is 1. The van der Waals surface area contributed by atoms with E-state index in [0.717, 1.165) is 50.1 Å². The van der Waals surface area contributed by atoms with Gasteiger partial charge in [0, 0.05) is 25.3 Å². The van der Waals surface area contributed by atoms with Crippen LogP contribution < -0.4 is 5.32 Å². The minimum atomic E-state index is 0.0248. The third-order valence-electron chi connectivity index (χ3n) is 4.71. The number of carbonyl (C=O) groups is 1. The molecule has 1 atom stereocenters. The van der Waals surface area contributed by atoms with Crippen LogP contribution >= 0.6 is 0 Å². The van der Waals surface area contributed by atoms with E-state index in [4.69, 9.17) is 0 Å². The smallest absolute Gasteiger partial charge is 0.230 e. The van der Waals surface area contributed by atoms with Crippen LogP contribution in [0.2, 0.25) is 0 Å². The standard InChI is InChI=1S/C18H28N2O/c1-4-14(5-2)13-20(6-3)18(21)16-11-12-19-17-10-8-7-9-15(16)17/h7-10,14,16,19H,4-6,11-13H2,1-3H3. The van der Waals surface area contributed by atoms with Crippen molar-refractivity contribution in [3.8, 4) is 0 Å². The first kappa shape index (κ1) is 15.9. The average molecular weight is 288 g/mol. The van der Waals surface area contributed by atoms with Crippen LogP contribution in [0.1, 0.15) is 51.5 Å². The Morgan fingerprint density at radius 1 is 1.29 bits per heavy atom. The molecule has 3 heteroatoms. The van der Waals surface area contributed by atoms with E-state index in [1.807, 2.05) is 12.1 Å². The predicted molar refractivity (Wildman–Crippen MR) is 88.6 cm³/mol. The van der Waals surface area contributed by atoms with Crippen molar-refractivity contribution in [3.05, 3.63) is 29.8 Å². The monoisotopic (exact) mass is 288 g/mol. The van der Waals surface area contributed by atoms with E-state index in [1.54, 1.807) is 0 Å². The number of carbonyl (C=O) groups excluding carboxylic acids is 1. The second-order valence-corrected chi connectivity index (χ2v) is 5.91. The average Bonchev–Trinajstić information content (AvgIpc) is 2.55. The molecule has 1 aliphatic rings. The summed E-state index contributed by atoms with van der Waals surface area (Å²) in [6, 6.07) is 8.23. The van der Waals surface area contributed by atoms with Crippen LogP contribution in [0.25, 0.3) is 0 Å². The van der Waals surface area contributed by atoms with Crippen molar-refractivity contribution in [2.24, 2.45) is 5.92 Å². The number of amides is 1. The third-order valence-corrected chi connectivity index (χ3v) is 4.71. The van der Waals surface area contributed by atoms with Gasteiger partial charge < -0.3 is 10.2 Å². The Bertz CT molecular complexity index is 468. The SMILES string of the molecule is CCC(CC)CN(CC)C(=O)C1CCNc2ccccc21. The van der Waals surface area contributed by atoms with Gasteiger partial charge in [0.1, 0.15) is 0 Å². The molecular formula is C18H28N2O. The Hall–Kier alpha value is -1.51. The van der Waals surface area contributed by atoms with Crippen LogP contribution in [0.15, 0.2) is 24.3 Å². The molecule has 1 aromatic carbocycles. The molecule has 0 aliphatic carbocycles. The summed E-state index contributed by atoms with van der Waals surface area (Å²) in [5.74, 6) is 0.945. The molecule has 0 saturated heterocycles. The fourth-order valence-electron chi connectivity index (χ4n) is 3.18. The van der Waals surface area contributed by atoms with E-state index in [9.17, 15) is 4.79 Å². The lowest BCUT2D eigenvalue weighted by molar-refractivity contribution is -0.133. The summed E-state index contributed by atoms with van der Waals surface area (Å²) in [6.45, 7) is 9.11. The fourth-order valence-corrected chi connectivity index (χ4v) is 3.18. The molecule has 1 unspecified atom stereocenters. The number of nitrogens with one attached hydrogen (secondary N) is 1. The Labute approximate surface area is 128 Å². The van der Waals surface area contributed by atoms with Crippen molar-refractivity contribution in [2.45, 2.75) is 46.0 Å². The molecule has 1 aliphatic heterocycles. The molecule has 0 saturated carbocycles. The van der Waals surface area contributed by atoms with E-state index >= 15 is 0 Å². The molecule has 3 nitrogen and oxygen atoms in total.